The molecule has 1 aliphatic carbocycles. The van der Waals surface area contributed by atoms with Crippen molar-refractivity contribution in [1.82, 2.24) is 4.90 Å². The molecule has 3 aliphatic rings. The van der Waals surface area contributed by atoms with Crippen LogP contribution >= 0.6 is 0 Å². The van der Waals surface area contributed by atoms with E-state index in [-0.39, 0.29) is 11.5 Å². The van der Waals surface area contributed by atoms with Gasteiger partial charge in [0.05, 0.1) is 0 Å². The van der Waals surface area contributed by atoms with Gasteiger partial charge in [0.1, 0.15) is 0 Å². The molecule has 2 saturated heterocycles. The van der Waals surface area contributed by atoms with Gasteiger partial charge in [0.25, 0.3) is 0 Å². The number of nitrogens with zero attached hydrogens (tertiary/aromatic N) is 1. The first-order chi connectivity index (χ1) is 6.62. The van der Waals surface area contributed by atoms with E-state index in [1.165, 1.54) is 6.42 Å². The van der Waals surface area contributed by atoms with Crippen molar-refractivity contribution in [2.45, 2.75) is 57.2 Å². The first-order valence-corrected chi connectivity index (χ1v) is 5.70. The van der Waals surface area contributed by atoms with E-state index in [1.54, 1.807) is 0 Å². The van der Waals surface area contributed by atoms with Gasteiger partial charge in [-0.25, -0.2) is 0 Å². The zero-order valence-corrected chi connectivity index (χ0v) is 8.70. The van der Waals surface area contributed by atoms with E-state index in [2.05, 4.69) is 11.8 Å². The van der Waals surface area contributed by atoms with Gasteiger partial charge in [0.15, 0.2) is 0 Å². The maximum Gasteiger partial charge on any atom is 0.229 e. The van der Waals surface area contributed by atoms with E-state index in [4.69, 9.17) is 5.73 Å². The lowest BCUT2D eigenvalue weighted by Crippen LogP contribution is -2.43. The number of hydrogen-bond donors (Lipinski definition) is 1. The van der Waals surface area contributed by atoms with Gasteiger partial charge in [0.2, 0.25) is 5.91 Å². The van der Waals surface area contributed by atoms with Crippen LogP contribution in [0.4, 0.5) is 0 Å². The summed E-state index contributed by atoms with van der Waals surface area (Å²) in [6.45, 7) is 2.10. The van der Waals surface area contributed by atoms with Crippen LogP contribution in [-0.2, 0) is 4.79 Å². The Hall–Kier alpha value is -0.570. The highest BCUT2D eigenvalue weighted by atomic mass is 16.2. The third-order valence-electron chi connectivity index (χ3n) is 4.34. The quantitative estimate of drug-likeness (QED) is 0.673. The molecule has 14 heavy (non-hydrogen) atoms. The second-order valence-corrected chi connectivity index (χ2v) is 5.47. The third-order valence-corrected chi connectivity index (χ3v) is 4.34. The molecule has 0 radical (unpaired) electrons. The van der Waals surface area contributed by atoms with Gasteiger partial charge in [0, 0.05) is 23.5 Å². The smallest absolute Gasteiger partial charge is 0.229 e. The summed E-state index contributed by atoms with van der Waals surface area (Å²) in [6.07, 6.45) is 5.51. The van der Waals surface area contributed by atoms with E-state index in [9.17, 15) is 4.79 Å². The van der Waals surface area contributed by atoms with E-state index >= 15 is 0 Å². The molecule has 78 valence electrons. The second-order valence-electron chi connectivity index (χ2n) is 5.47. The van der Waals surface area contributed by atoms with Crippen LogP contribution in [0.2, 0.25) is 0 Å². The molecule has 2 aliphatic heterocycles. The van der Waals surface area contributed by atoms with E-state index in [0.717, 1.165) is 25.7 Å². The fourth-order valence-corrected chi connectivity index (χ4v) is 3.06. The highest BCUT2D eigenvalue weighted by Gasteiger charge is 2.55. The van der Waals surface area contributed by atoms with Gasteiger partial charge in [-0.05, 0) is 32.1 Å². The van der Waals surface area contributed by atoms with Crippen LogP contribution in [0.1, 0.15) is 39.0 Å². The molecule has 0 aromatic rings. The summed E-state index contributed by atoms with van der Waals surface area (Å²) in [4.78, 5) is 14.3. The topological polar surface area (TPSA) is 46.3 Å². The number of fused-ring (bicyclic) bond motifs is 2. The van der Waals surface area contributed by atoms with Crippen LogP contribution in [0.3, 0.4) is 0 Å². The Labute approximate surface area is 84.6 Å². The average Bonchev–Trinajstić information content (AvgIpc) is 2.69. The first kappa shape index (κ1) is 8.72. The Bertz CT molecular complexity index is 285. The molecule has 2 heterocycles. The van der Waals surface area contributed by atoms with Crippen molar-refractivity contribution in [2.24, 2.45) is 11.1 Å². The molecule has 2 bridgehead atoms. The molecule has 3 unspecified atom stereocenters. The Morgan fingerprint density at radius 1 is 1.43 bits per heavy atom. The Morgan fingerprint density at radius 3 is 2.57 bits per heavy atom. The van der Waals surface area contributed by atoms with Gasteiger partial charge in [-0.1, -0.05) is 6.92 Å². The number of amides is 1. The average molecular weight is 194 g/mol. The summed E-state index contributed by atoms with van der Waals surface area (Å²) in [5.41, 5.74) is 6.01. The van der Waals surface area contributed by atoms with Gasteiger partial charge in [-0.15, -0.1) is 0 Å². The maximum absolute atomic E-state index is 12.2. The molecule has 0 aromatic carbocycles. The van der Waals surface area contributed by atoms with E-state index in [1.807, 2.05) is 0 Å². The van der Waals surface area contributed by atoms with Crippen LogP contribution in [0.25, 0.3) is 0 Å². The standard InChI is InChI=1S/C11H18N2O/c1-11(4-5-11)10(14)13-7-2-3-9(13)8(12)6-7/h7-9H,2-6,12H2,1H3. The minimum Gasteiger partial charge on any atom is -0.335 e. The third kappa shape index (κ3) is 0.991. The minimum absolute atomic E-state index is 0.00903. The number of nitrogens with two attached hydrogens (primary N) is 1. The van der Waals surface area contributed by atoms with Gasteiger partial charge >= 0.3 is 0 Å². The maximum atomic E-state index is 12.2. The SMILES string of the molecule is CC1(C(=O)N2C3CCC2C(N)C3)CC1. The summed E-state index contributed by atoms with van der Waals surface area (Å²) < 4.78 is 0. The van der Waals surface area contributed by atoms with Crippen LogP contribution in [-0.4, -0.2) is 28.9 Å². The molecular formula is C11H18N2O. The molecule has 3 fully saturated rings. The minimum atomic E-state index is -0.00903. The number of carbonyl (C=O) groups is 1. The van der Waals surface area contributed by atoms with Crippen molar-refractivity contribution in [3.63, 3.8) is 0 Å². The molecule has 3 heteroatoms. The molecule has 3 rings (SSSR count). The molecule has 0 aromatic heterocycles. The lowest BCUT2D eigenvalue weighted by atomic mass is 9.96. The normalized spacial score (nSPS) is 43.0. The predicted molar refractivity (Wildman–Crippen MR) is 53.6 cm³/mol. The highest BCUT2D eigenvalue weighted by molar-refractivity contribution is 5.86. The summed E-state index contributed by atoms with van der Waals surface area (Å²) in [6, 6.07) is 1.09. The lowest BCUT2D eigenvalue weighted by Gasteiger charge is -2.26. The van der Waals surface area contributed by atoms with Gasteiger partial charge in [-0.2, -0.15) is 0 Å². The molecular weight excluding hydrogens is 176 g/mol. The lowest BCUT2D eigenvalue weighted by molar-refractivity contribution is -0.137. The molecule has 0 spiro atoms. The zero-order chi connectivity index (χ0) is 9.92. The summed E-state index contributed by atoms with van der Waals surface area (Å²) in [7, 11) is 0. The van der Waals surface area contributed by atoms with Crippen molar-refractivity contribution < 1.29 is 4.79 Å². The van der Waals surface area contributed by atoms with Crippen LogP contribution in [0.5, 0.6) is 0 Å². The van der Waals surface area contributed by atoms with E-state index in [0.29, 0.717) is 18.0 Å². The van der Waals surface area contributed by atoms with Crippen molar-refractivity contribution in [3.05, 3.63) is 0 Å². The molecule has 3 atom stereocenters. The molecule has 1 saturated carbocycles. The van der Waals surface area contributed by atoms with Crippen molar-refractivity contribution in [3.8, 4) is 0 Å². The fraction of sp³-hybridized carbons (Fsp3) is 0.909. The summed E-state index contributed by atoms with van der Waals surface area (Å²) in [5.74, 6) is 0.387. The molecule has 1 amide bonds. The summed E-state index contributed by atoms with van der Waals surface area (Å²) in [5, 5.41) is 0. The monoisotopic (exact) mass is 194 g/mol. The van der Waals surface area contributed by atoms with Crippen molar-refractivity contribution in [2.75, 3.05) is 0 Å². The number of carbonyl (C=O) groups excluding carboxylic acids is 1. The van der Waals surface area contributed by atoms with Crippen LogP contribution in [0.15, 0.2) is 0 Å². The fourth-order valence-electron chi connectivity index (χ4n) is 3.06. The number of rotatable bonds is 1. The van der Waals surface area contributed by atoms with E-state index < -0.39 is 0 Å². The Kier molecular flexibility index (Phi) is 1.56. The van der Waals surface area contributed by atoms with Crippen molar-refractivity contribution in [1.29, 1.82) is 0 Å². The van der Waals surface area contributed by atoms with Crippen molar-refractivity contribution >= 4 is 5.91 Å². The first-order valence-electron chi connectivity index (χ1n) is 5.70. The van der Waals surface area contributed by atoms with Gasteiger partial charge in [-0.3, -0.25) is 4.79 Å². The zero-order valence-electron chi connectivity index (χ0n) is 8.70. The second kappa shape index (κ2) is 2.51. The predicted octanol–water partition coefficient (Wildman–Crippen LogP) is 0.877. The largest absolute Gasteiger partial charge is 0.335 e. The molecule has 3 nitrogen and oxygen atoms in total. The van der Waals surface area contributed by atoms with Gasteiger partial charge < -0.3 is 10.6 Å². The highest BCUT2D eigenvalue weighted by Crippen LogP contribution is 2.50. The van der Waals surface area contributed by atoms with Crippen LogP contribution in [0, 0.1) is 5.41 Å². The number of hydrogen-bond acceptors (Lipinski definition) is 2. The summed E-state index contributed by atoms with van der Waals surface area (Å²) >= 11 is 0. The molecule has 2 N–H and O–H groups in total. The Balaban J connectivity index is 1.83. The van der Waals surface area contributed by atoms with Crippen LogP contribution < -0.4 is 5.73 Å². The Morgan fingerprint density at radius 2 is 2.14 bits per heavy atom.